The maximum Gasteiger partial charge on any atom is 0.242 e. The molecule has 0 aromatic heterocycles. The second-order valence-corrected chi connectivity index (χ2v) is 8.30. The molecule has 4 rings (SSSR count). The number of carbonyl (C=O) groups excluding carboxylic acids is 3. The van der Waals surface area contributed by atoms with Crippen LogP contribution in [0.3, 0.4) is 0 Å². The van der Waals surface area contributed by atoms with Crippen LogP contribution in [0, 0.1) is 0 Å². The van der Waals surface area contributed by atoms with E-state index in [2.05, 4.69) is 5.32 Å². The van der Waals surface area contributed by atoms with Crippen LogP contribution in [-0.4, -0.2) is 42.3 Å². The first-order valence-electron chi connectivity index (χ1n) is 9.82. The number of nitrogens with zero attached hydrogens (tertiary/aromatic N) is 2. The zero-order chi connectivity index (χ0) is 21.3. The Kier molecular flexibility index (Phi) is 5.97. The van der Waals surface area contributed by atoms with Gasteiger partial charge in [-0.1, -0.05) is 53.5 Å². The summed E-state index contributed by atoms with van der Waals surface area (Å²) in [6.07, 6.45) is 0.717. The fraction of sp³-hybridized carbons (Fsp3) is 0.318. The van der Waals surface area contributed by atoms with Gasteiger partial charge in [0, 0.05) is 31.1 Å². The van der Waals surface area contributed by atoms with Crippen molar-refractivity contribution in [3.05, 3.63) is 63.6 Å². The molecule has 2 saturated heterocycles. The second-order valence-electron chi connectivity index (χ2n) is 7.51. The predicted octanol–water partition coefficient (Wildman–Crippen LogP) is 3.36. The first kappa shape index (κ1) is 20.7. The van der Waals surface area contributed by atoms with Crippen LogP contribution >= 0.6 is 23.2 Å². The summed E-state index contributed by atoms with van der Waals surface area (Å²) in [5.74, 6) is -1.06. The number of anilines is 1. The average Bonchev–Trinajstić information content (AvgIpc) is 2.72. The van der Waals surface area contributed by atoms with Crippen LogP contribution in [0.2, 0.25) is 10.0 Å². The van der Waals surface area contributed by atoms with Crippen LogP contribution in [0.4, 0.5) is 5.69 Å². The molecule has 0 saturated carbocycles. The molecule has 2 aliphatic heterocycles. The highest BCUT2D eigenvalue weighted by atomic mass is 35.5. The molecular formula is C22H21Cl2N3O3. The maximum atomic E-state index is 12.8. The van der Waals surface area contributed by atoms with E-state index in [9.17, 15) is 14.4 Å². The van der Waals surface area contributed by atoms with Crippen molar-refractivity contribution < 1.29 is 14.4 Å². The zero-order valence-corrected chi connectivity index (χ0v) is 17.7. The average molecular weight is 446 g/mol. The van der Waals surface area contributed by atoms with E-state index in [1.165, 1.54) is 0 Å². The van der Waals surface area contributed by atoms with Crippen molar-refractivity contribution in [1.29, 1.82) is 0 Å². The van der Waals surface area contributed by atoms with Crippen LogP contribution in [-0.2, 0) is 20.9 Å². The predicted molar refractivity (Wildman–Crippen MR) is 116 cm³/mol. The molecule has 30 heavy (non-hydrogen) atoms. The summed E-state index contributed by atoms with van der Waals surface area (Å²) in [7, 11) is 0. The number of benzene rings is 2. The lowest BCUT2D eigenvalue weighted by atomic mass is 9.90. The summed E-state index contributed by atoms with van der Waals surface area (Å²) < 4.78 is 0. The van der Waals surface area contributed by atoms with E-state index in [4.69, 9.17) is 23.2 Å². The van der Waals surface area contributed by atoms with Gasteiger partial charge in [-0.3, -0.25) is 19.7 Å². The van der Waals surface area contributed by atoms with Gasteiger partial charge in [0.1, 0.15) is 0 Å². The third-order valence-electron chi connectivity index (χ3n) is 5.60. The largest absolute Gasteiger partial charge is 0.359 e. The van der Waals surface area contributed by atoms with Gasteiger partial charge >= 0.3 is 0 Å². The number of halogens is 2. The summed E-state index contributed by atoms with van der Waals surface area (Å²) in [6, 6.07) is 13.0. The molecule has 2 aromatic carbocycles. The monoisotopic (exact) mass is 445 g/mol. The van der Waals surface area contributed by atoms with Crippen LogP contribution < -0.4 is 10.2 Å². The van der Waals surface area contributed by atoms with Crippen molar-refractivity contribution in [2.75, 3.05) is 24.5 Å². The molecule has 2 heterocycles. The molecule has 156 valence electrons. The highest BCUT2D eigenvalue weighted by molar-refractivity contribution is 6.34. The van der Waals surface area contributed by atoms with Crippen molar-refractivity contribution in [2.24, 2.45) is 0 Å². The lowest BCUT2D eigenvalue weighted by Gasteiger charge is -2.36. The number of rotatable bonds is 4. The lowest BCUT2D eigenvalue weighted by Crippen LogP contribution is -2.50. The van der Waals surface area contributed by atoms with Crippen LogP contribution in [0.1, 0.15) is 29.9 Å². The van der Waals surface area contributed by atoms with Crippen molar-refractivity contribution >= 4 is 46.6 Å². The number of hydrogen-bond acceptors (Lipinski definition) is 4. The van der Waals surface area contributed by atoms with Gasteiger partial charge in [0.05, 0.1) is 23.2 Å². The Bertz CT molecular complexity index is 1010. The van der Waals surface area contributed by atoms with E-state index in [0.29, 0.717) is 41.7 Å². The molecule has 1 N–H and O–H groups in total. The van der Waals surface area contributed by atoms with E-state index < -0.39 is 5.92 Å². The third kappa shape index (κ3) is 4.16. The van der Waals surface area contributed by atoms with Crippen molar-refractivity contribution in [2.45, 2.75) is 25.3 Å². The molecule has 2 aliphatic rings. The van der Waals surface area contributed by atoms with Gasteiger partial charge in [-0.15, -0.1) is 0 Å². The molecule has 8 heteroatoms. The summed E-state index contributed by atoms with van der Waals surface area (Å²) in [5, 5.41) is 3.48. The lowest BCUT2D eigenvalue weighted by molar-refractivity contribution is -0.134. The minimum atomic E-state index is -0.465. The molecule has 3 amide bonds. The van der Waals surface area contributed by atoms with E-state index >= 15 is 0 Å². The standard InChI is InChI=1S/C22H21Cl2N3O3/c23-17-6-2-1-4-14(17)12-27-11-10-26(13-20(27)29)18-7-3-5-15(21(18)24)16-8-9-19(28)25-22(16)30/h1-7,16H,8-13H2,(H,25,28,30). The number of carbonyl (C=O) groups is 3. The van der Waals surface area contributed by atoms with Gasteiger partial charge in [0.15, 0.2) is 0 Å². The number of hydrogen-bond donors (Lipinski definition) is 1. The van der Waals surface area contributed by atoms with Gasteiger partial charge in [-0.25, -0.2) is 0 Å². The molecule has 2 fully saturated rings. The quantitative estimate of drug-likeness (QED) is 0.732. The fourth-order valence-corrected chi connectivity index (χ4v) is 4.53. The molecular weight excluding hydrogens is 425 g/mol. The Morgan fingerprint density at radius 1 is 1.00 bits per heavy atom. The van der Waals surface area contributed by atoms with Crippen LogP contribution in [0.5, 0.6) is 0 Å². The Balaban J connectivity index is 1.49. The highest BCUT2D eigenvalue weighted by Crippen LogP contribution is 2.37. The number of piperidine rings is 1. The van der Waals surface area contributed by atoms with E-state index in [-0.39, 0.29) is 30.7 Å². The van der Waals surface area contributed by atoms with Gasteiger partial charge in [0.25, 0.3) is 0 Å². The molecule has 0 radical (unpaired) electrons. The molecule has 0 bridgehead atoms. The summed E-state index contributed by atoms with van der Waals surface area (Å²) >= 11 is 12.9. The van der Waals surface area contributed by atoms with Gasteiger partial charge in [-0.05, 0) is 29.7 Å². The molecule has 6 nitrogen and oxygen atoms in total. The number of imide groups is 1. The first-order chi connectivity index (χ1) is 14.4. The molecule has 1 atom stereocenters. The van der Waals surface area contributed by atoms with E-state index in [1.54, 1.807) is 11.0 Å². The Labute approximate surface area is 184 Å². The van der Waals surface area contributed by atoms with Gasteiger partial charge in [-0.2, -0.15) is 0 Å². The Morgan fingerprint density at radius 3 is 2.53 bits per heavy atom. The van der Waals surface area contributed by atoms with E-state index in [0.717, 1.165) is 11.3 Å². The summed E-state index contributed by atoms with van der Waals surface area (Å²) in [4.78, 5) is 40.2. The first-order valence-corrected chi connectivity index (χ1v) is 10.6. The summed E-state index contributed by atoms with van der Waals surface area (Å²) in [5.41, 5.74) is 2.33. The second kappa shape index (κ2) is 8.66. The third-order valence-corrected chi connectivity index (χ3v) is 6.38. The minimum absolute atomic E-state index is 0.0105. The van der Waals surface area contributed by atoms with Crippen LogP contribution in [0.25, 0.3) is 0 Å². The topological polar surface area (TPSA) is 69.7 Å². The van der Waals surface area contributed by atoms with Crippen LogP contribution in [0.15, 0.2) is 42.5 Å². The molecule has 2 aromatic rings. The Morgan fingerprint density at radius 2 is 1.80 bits per heavy atom. The number of nitrogens with one attached hydrogen (secondary N) is 1. The number of piperazine rings is 1. The zero-order valence-electron chi connectivity index (χ0n) is 16.2. The smallest absolute Gasteiger partial charge is 0.242 e. The number of amides is 3. The van der Waals surface area contributed by atoms with Crippen molar-refractivity contribution in [1.82, 2.24) is 10.2 Å². The van der Waals surface area contributed by atoms with Gasteiger partial charge < -0.3 is 9.80 Å². The van der Waals surface area contributed by atoms with Gasteiger partial charge in [0.2, 0.25) is 17.7 Å². The molecule has 0 aliphatic carbocycles. The molecule has 1 unspecified atom stereocenters. The SMILES string of the molecule is O=C1CCC(c2cccc(N3CCN(Cc4ccccc4Cl)C(=O)C3)c2Cl)C(=O)N1. The minimum Gasteiger partial charge on any atom is -0.359 e. The normalized spacial score (nSPS) is 19.8. The Hall–Kier alpha value is -2.57. The van der Waals surface area contributed by atoms with E-state index in [1.807, 2.05) is 41.3 Å². The fourth-order valence-electron chi connectivity index (χ4n) is 3.95. The van der Waals surface area contributed by atoms with Crippen molar-refractivity contribution in [3.8, 4) is 0 Å². The maximum absolute atomic E-state index is 12.8. The highest BCUT2D eigenvalue weighted by Gasteiger charge is 2.32. The summed E-state index contributed by atoms with van der Waals surface area (Å²) in [6.45, 7) is 1.83. The van der Waals surface area contributed by atoms with Crippen molar-refractivity contribution in [3.63, 3.8) is 0 Å². The molecule has 0 spiro atoms.